The van der Waals surface area contributed by atoms with E-state index in [1.165, 1.54) is 21.7 Å². The molecule has 4 rings (SSSR count). The van der Waals surface area contributed by atoms with Gasteiger partial charge in [0.25, 0.3) is 5.91 Å². The van der Waals surface area contributed by atoms with Gasteiger partial charge in [-0.1, -0.05) is 6.07 Å². The lowest BCUT2D eigenvalue weighted by Gasteiger charge is -2.23. The summed E-state index contributed by atoms with van der Waals surface area (Å²) in [6, 6.07) is 6.24. The molecule has 0 aliphatic carbocycles. The van der Waals surface area contributed by atoms with Crippen molar-refractivity contribution in [2.45, 2.75) is 36.6 Å². The normalized spacial score (nSPS) is 21.4. The molecule has 0 unspecified atom stereocenters. The minimum atomic E-state index is -3.66. The molecule has 2 aliphatic heterocycles. The van der Waals surface area contributed by atoms with Gasteiger partial charge in [-0.25, -0.2) is 13.4 Å². The molecule has 3 heterocycles. The van der Waals surface area contributed by atoms with Gasteiger partial charge in [-0.15, -0.1) is 11.3 Å². The van der Waals surface area contributed by atoms with E-state index in [4.69, 9.17) is 0 Å². The fourth-order valence-electron chi connectivity index (χ4n) is 3.70. The Balaban J connectivity index is 1.63. The van der Waals surface area contributed by atoms with Crippen molar-refractivity contribution in [3.05, 3.63) is 46.4 Å². The molecule has 26 heavy (non-hydrogen) atoms. The highest BCUT2D eigenvalue weighted by Gasteiger charge is 2.37. The number of benzene rings is 1. The molecule has 1 amide bonds. The van der Waals surface area contributed by atoms with Gasteiger partial charge in [-0.05, 0) is 43.9 Å². The maximum atomic E-state index is 13.2. The van der Waals surface area contributed by atoms with Crippen LogP contribution in [-0.4, -0.2) is 48.1 Å². The second kappa shape index (κ2) is 7.09. The van der Waals surface area contributed by atoms with Gasteiger partial charge >= 0.3 is 0 Å². The molecule has 0 radical (unpaired) electrons. The van der Waals surface area contributed by atoms with Crippen LogP contribution in [0.1, 0.15) is 47.1 Å². The largest absolute Gasteiger partial charge is 0.339 e. The van der Waals surface area contributed by atoms with Crippen LogP contribution in [0.15, 0.2) is 40.7 Å². The van der Waals surface area contributed by atoms with Gasteiger partial charge in [-0.3, -0.25) is 4.79 Å². The van der Waals surface area contributed by atoms with E-state index in [0.717, 1.165) is 43.8 Å². The smallest absolute Gasteiger partial charge is 0.253 e. The summed E-state index contributed by atoms with van der Waals surface area (Å²) in [4.78, 5) is 18.9. The Morgan fingerprint density at radius 1 is 1.15 bits per heavy atom. The summed E-state index contributed by atoms with van der Waals surface area (Å²) < 4.78 is 28.0. The van der Waals surface area contributed by atoms with Crippen LogP contribution in [0.5, 0.6) is 0 Å². The van der Waals surface area contributed by atoms with Crippen LogP contribution >= 0.6 is 11.3 Å². The third kappa shape index (κ3) is 3.17. The lowest BCUT2D eigenvalue weighted by Crippen LogP contribution is -2.31. The quantitative estimate of drug-likeness (QED) is 0.803. The number of sulfonamides is 1. The molecule has 0 spiro atoms. The zero-order chi connectivity index (χ0) is 18.1. The SMILES string of the molecule is O=C(c1cccc(S(=O)(=O)N2CCC[C@H]2c2nccs2)c1)N1CCCC1. The second-order valence-electron chi connectivity index (χ2n) is 6.67. The van der Waals surface area contributed by atoms with Crippen LogP contribution in [0.3, 0.4) is 0 Å². The summed E-state index contributed by atoms with van der Waals surface area (Å²) in [7, 11) is -3.66. The van der Waals surface area contributed by atoms with E-state index in [2.05, 4.69) is 4.98 Å². The summed E-state index contributed by atoms with van der Waals surface area (Å²) in [6.45, 7) is 1.97. The van der Waals surface area contributed by atoms with E-state index in [-0.39, 0.29) is 16.8 Å². The van der Waals surface area contributed by atoms with Gasteiger partial charge in [0, 0.05) is 36.8 Å². The van der Waals surface area contributed by atoms with E-state index in [1.54, 1.807) is 29.3 Å². The molecule has 1 aromatic carbocycles. The summed E-state index contributed by atoms with van der Waals surface area (Å²) in [5, 5.41) is 2.70. The summed E-state index contributed by atoms with van der Waals surface area (Å²) >= 11 is 1.48. The molecule has 2 saturated heterocycles. The van der Waals surface area contributed by atoms with Crippen molar-refractivity contribution in [2.24, 2.45) is 0 Å². The minimum absolute atomic E-state index is 0.0857. The Hall–Kier alpha value is -1.77. The highest BCUT2D eigenvalue weighted by Crippen LogP contribution is 2.37. The first kappa shape index (κ1) is 17.6. The monoisotopic (exact) mass is 391 g/mol. The Labute approximate surface area is 157 Å². The predicted octanol–water partition coefficient (Wildman–Crippen LogP) is 2.90. The van der Waals surface area contributed by atoms with Gasteiger partial charge in [-0.2, -0.15) is 4.31 Å². The number of amides is 1. The first-order valence-corrected chi connectivity index (χ1v) is 11.2. The number of likely N-dealkylation sites (tertiary alicyclic amines) is 1. The third-order valence-corrected chi connectivity index (χ3v) is 7.80. The fourth-order valence-corrected chi connectivity index (χ4v) is 6.26. The number of hydrogen-bond acceptors (Lipinski definition) is 5. The summed E-state index contributed by atoms with van der Waals surface area (Å²) in [5.41, 5.74) is 0.443. The van der Waals surface area contributed by atoms with E-state index >= 15 is 0 Å². The van der Waals surface area contributed by atoms with Crippen molar-refractivity contribution in [1.82, 2.24) is 14.2 Å². The number of hydrogen-bond donors (Lipinski definition) is 0. The van der Waals surface area contributed by atoms with Gasteiger partial charge < -0.3 is 4.90 Å². The van der Waals surface area contributed by atoms with Crippen LogP contribution in [0.4, 0.5) is 0 Å². The predicted molar refractivity (Wildman–Crippen MR) is 99.6 cm³/mol. The summed E-state index contributed by atoms with van der Waals surface area (Å²) in [6.07, 6.45) is 5.31. The van der Waals surface area contributed by atoms with E-state index in [1.807, 2.05) is 5.38 Å². The third-order valence-electron chi connectivity index (χ3n) is 5.02. The number of carbonyl (C=O) groups is 1. The average molecular weight is 392 g/mol. The molecule has 2 aromatic rings. The van der Waals surface area contributed by atoms with E-state index in [0.29, 0.717) is 12.1 Å². The Bertz CT molecular complexity index is 890. The molecule has 1 aromatic heterocycles. The number of aromatic nitrogens is 1. The van der Waals surface area contributed by atoms with Gasteiger partial charge in [0.1, 0.15) is 5.01 Å². The van der Waals surface area contributed by atoms with Crippen molar-refractivity contribution in [2.75, 3.05) is 19.6 Å². The number of carbonyl (C=O) groups excluding carboxylic acids is 1. The minimum Gasteiger partial charge on any atom is -0.339 e. The molecule has 0 saturated carbocycles. The van der Waals surface area contributed by atoms with E-state index < -0.39 is 10.0 Å². The molecule has 0 bridgehead atoms. The van der Waals surface area contributed by atoms with Crippen LogP contribution in [-0.2, 0) is 10.0 Å². The summed E-state index contributed by atoms with van der Waals surface area (Å²) in [5.74, 6) is -0.0857. The molecule has 1 atom stereocenters. The highest BCUT2D eigenvalue weighted by molar-refractivity contribution is 7.89. The Morgan fingerprint density at radius 3 is 2.69 bits per heavy atom. The van der Waals surface area contributed by atoms with Crippen LogP contribution in [0.25, 0.3) is 0 Å². The van der Waals surface area contributed by atoms with Gasteiger partial charge in [0.2, 0.25) is 10.0 Å². The molecule has 2 aliphatic rings. The molecular weight excluding hydrogens is 370 g/mol. The number of rotatable bonds is 4. The molecular formula is C18H21N3O3S2. The molecule has 8 heteroatoms. The maximum Gasteiger partial charge on any atom is 0.253 e. The topological polar surface area (TPSA) is 70.6 Å². The lowest BCUT2D eigenvalue weighted by molar-refractivity contribution is 0.0792. The number of thiazole rings is 1. The van der Waals surface area contributed by atoms with Gasteiger partial charge in [0.05, 0.1) is 10.9 Å². The standard InChI is InChI=1S/C18H21N3O3S2/c22-18(20-9-1-2-10-20)14-5-3-6-15(13-14)26(23,24)21-11-4-7-16(21)17-19-8-12-25-17/h3,5-6,8,12-13,16H,1-2,4,7,9-11H2/t16-/m0/s1. The van der Waals surface area contributed by atoms with Crippen molar-refractivity contribution in [1.29, 1.82) is 0 Å². The zero-order valence-electron chi connectivity index (χ0n) is 14.4. The lowest BCUT2D eigenvalue weighted by atomic mass is 10.2. The molecule has 6 nitrogen and oxygen atoms in total. The van der Waals surface area contributed by atoms with E-state index in [9.17, 15) is 13.2 Å². The molecule has 0 N–H and O–H groups in total. The van der Waals surface area contributed by atoms with Crippen LogP contribution in [0.2, 0.25) is 0 Å². The first-order valence-electron chi connectivity index (χ1n) is 8.88. The first-order chi connectivity index (χ1) is 12.6. The highest BCUT2D eigenvalue weighted by atomic mass is 32.2. The number of nitrogens with zero attached hydrogens (tertiary/aromatic N) is 3. The molecule has 138 valence electrons. The Kier molecular flexibility index (Phi) is 4.81. The molecule has 2 fully saturated rings. The maximum absolute atomic E-state index is 13.2. The van der Waals surface area contributed by atoms with Crippen molar-refractivity contribution in [3.8, 4) is 0 Å². The van der Waals surface area contributed by atoms with Crippen LogP contribution < -0.4 is 0 Å². The van der Waals surface area contributed by atoms with Crippen LogP contribution in [0, 0.1) is 0 Å². The Morgan fingerprint density at radius 2 is 1.96 bits per heavy atom. The van der Waals surface area contributed by atoms with Crippen molar-refractivity contribution in [3.63, 3.8) is 0 Å². The second-order valence-corrected chi connectivity index (χ2v) is 9.49. The van der Waals surface area contributed by atoms with Crippen molar-refractivity contribution < 1.29 is 13.2 Å². The van der Waals surface area contributed by atoms with Crippen molar-refractivity contribution >= 4 is 27.3 Å². The van der Waals surface area contributed by atoms with Gasteiger partial charge in [0.15, 0.2) is 0 Å². The zero-order valence-corrected chi connectivity index (χ0v) is 16.0. The average Bonchev–Trinajstić information content (AvgIpc) is 3.42. The fraction of sp³-hybridized carbons (Fsp3) is 0.444.